The Kier molecular flexibility index (Phi) is 4.59. The summed E-state index contributed by atoms with van der Waals surface area (Å²) in [6.45, 7) is 6.71. The normalized spacial score (nSPS) is 28.6. The van der Waals surface area contributed by atoms with Crippen LogP contribution in [0.4, 0.5) is 0 Å². The molecule has 1 aromatic rings. The van der Waals surface area contributed by atoms with Gasteiger partial charge in [-0.05, 0) is 56.3 Å². The molecule has 5 nitrogen and oxygen atoms in total. The molecule has 3 saturated heterocycles. The van der Waals surface area contributed by atoms with E-state index in [1.165, 1.54) is 32.4 Å². The van der Waals surface area contributed by atoms with Crippen LogP contribution in [0.5, 0.6) is 11.5 Å². The molecular weight excluding hydrogens is 316 g/mol. The first-order chi connectivity index (χ1) is 12.2. The Labute approximate surface area is 149 Å². The summed E-state index contributed by atoms with van der Waals surface area (Å²) in [4.78, 5) is 17.7. The van der Waals surface area contributed by atoms with Gasteiger partial charge in [0.25, 0.3) is 5.91 Å². The Morgan fingerprint density at radius 3 is 2.88 bits per heavy atom. The van der Waals surface area contributed by atoms with Crippen molar-refractivity contribution in [3.8, 4) is 11.5 Å². The maximum absolute atomic E-state index is 13.0. The number of benzene rings is 1. The van der Waals surface area contributed by atoms with Gasteiger partial charge in [-0.25, -0.2) is 0 Å². The summed E-state index contributed by atoms with van der Waals surface area (Å²) < 4.78 is 10.9. The molecule has 3 heterocycles. The van der Waals surface area contributed by atoms with E-state index in [0.29, 0.717) is 41.5 Å². The smallest absolute Gasteiger partial charge is 0.254 e. The lowest BCUT2D eigenvalue weighted by molar-refractivity contribution is 0.0753. The van der Waals surface area contributed by atoms with Crippen molar-refractivity contribution in [2.24, 2.45) is 11.8 Å². The zero-order valence-electron chi connectivity index (χ0n) is 15.2. The van der Waals surface area contributed by atoms with Crippen LogP contribution in [0.25, 0.3) is 0 Å². The minimum absolute atomic E-state index is 0.125. The van der Waals surface area contributed by atoms with Crippen molar-refractivity contribution in [3.63, 3.8) is 0 Å². The Morgan fingerprint density at radius 1 is 1.20 bits per heavy atom. The molecule has 136 valence electrons. The highest BCUT2D eigenvalue weighted by atomic mass is 16.5. The molecule has 0 aromatic heterocycles. The summed E-state index contributed by atoms with van der Waals surface area (Å²) in [6, 6.07) is 6.21. The summed E-state index contributed by atoms with van der Waals surface area (Å²) in [5.74, 6) is 2.76. The molecule has 1 aromatic carbocycles. The lowest BCUT2D eigenvalue weighted by Gasteiger charge is -2.33. The number of piperidine rings is 1. The lowest BCUT2D eigenvalue weighted by Crippen LogP contribution is -2.40. The summed E-state index contributed by atoms with van der Waals surface area (Å²) >= 11 is 0. The molecule has 3 unspecified atom stereocenters. The maximum atomic E-state index is 13.0. The Hall–Kier alpha value is -1.75. The number of fused-ring (bicyclic) bond motifs is 3. The number of nitrogens with zero attached hydrogens (tertiary/aromatic N) is 2. The molecule has 0 saturated carbocycles. The van der Waals surface area contributed by atoms with Crippen LogP contribution in [0.2, 0.25) is 0 Å². The zero-order valence-corrected chi connectivity index (χ0v) is 15.2. The predicted octanol–water partition coefficient (Wildman–Crippen LogP) is 2.65. The van der Waals surface area contributed by atoms with Crippen molar-refractivity contribution in [2.75, 3.05) is 39.9 Å². The molecule has 25 heavy (non-hydrogen) atoms. The molecular formula is C20H28N2O3. The van der Waals surface area contributed by atoms with Crippen LogP contribution >= 0.6 is 0 Å². The predicted molar refractivity (Wildman–Crippen MR) is 96.3 cm³/mol. The fourth-order valence-electron chi connectivity index (χ4n) is 4.98. The van der Waals surface area contributed by atoms with Gasteiger partial charge in [0.2, 0.25) is 0 Å². The molecule has 3 aliphatic rings. The Morgan fingerprint density at radius 2 is 2.08 bits per heavy atom. The van der Waals surface area contributed by atoms with E-state index < -0.39 is 0 Å². The SMILES string of the molecule is CCOc1cc(C(=O)N2CC3CN4CCCCC4C3C2)ccc1OC. The minimum Gasteiger partial charge on any atom is -0.493 e. The number of methoxy groups -OCH3 is 1. The highest BCUT2D eigenvalue weighted by Gasteiger charge is 2.48. The van der Waals surface area contributed by atoms with Crippen molar-refractivity contribution in [2.45, 2.75) is 32.2 Å². The molecule has 0 bridgehead atoms. The summed E-state index contributed by atoms with van der Waals surface area (Å²) in [5, 5.41) is 0. The standard InChI is InChI=1S/C20H28N2O3/c1-3-25-19-10-14(7-8-18(19)24-2)20(23)22-12-15-11-21-9-5-4-6-17(21)16(15)13-22/h7-8,10,15-17H,3-6,9,11-13H2,1-2H3. The van der Waals surface area contributed by atoms with Crippen molar-refractivity contribution in [3.05, 3.63) is 23.8 Å². The topological polar surface area (TPSA) is 42.0 Å². The third-order valence-electron chi connectivity index (χ3n) is 6.12. The monoisotopic (exact) mass is 344 g/mol. The second-order valence-electron chi connectivity index (χ2n) is 7.49. The van der Waals surface area contributed by atoms with Crippen LogP contribution in [0.3, 0.4) is 0 Å². The van der Waals surface area contributed by atoms with E-state index in [1.54, 1.807) is 7.11 Å². The number of carbonyl (C=O) groups excluding carboxylic acids is 1. The number of likely N-dealkylation sites (tertiary alicyclic amines) is 1. The number of rotatable bonds is 4. The van der Waals surface area contributed by atoms with E-state index in [1.807, 2.05) is 25.1 Å². The number of hydrogen-bond donors (Lipinski definition) is 0. The summed E-state index contributed by atoms with van der Waals surface area (Å²) in [6.07, 6.45) is 3.99. The van der Waals surface area contributed by atoms with E-state index in [9.17, 15) is 4.79 Å². The molecule has 1 amide bonds. The third-order valence-corrected chi connectivity index (χ3v) is 6.12. The van der Waals surface area contributed by atoms with Gasteiger partial charge >= 0.3 is 0 Å². The van der Waals surface area contributed by atoms with Crippen molar-refractivity contribution in [1.29, 1.82) is 0 Å². The van der Waals surface area contributed by atoms with Gasteiger partial charge in [-0.1, -0.05) is 6.42 Å². The van der Waals surface area contributed by atoms with Crippen LogP contribution in [0.1, 0.15) is 36.5 Å². The first-order valence-corrected chi connectivity index (χ1v) is 9.55. The molecule has 3 aliphatic heterocycles. The maximum Gasteiger partial charge on any atom is 0.254 e. The fraction of sp³-hybridized carbons (Fsp3) is 0.650. The van der Waals surface area contributed by atoms with E-state index >= 15 is 0 Å². The van der Waals surface area contributed by atoms with Crippen molar-refractivity contribution in [1.82, 2.24) is 9.80 Å². The van der Waals surface area contributed by atoms with Crippen LogP contribution < -0.4 is 9.47 Å². The third kappa shape index (κ3) is 2.99. The quantitative estimate of drug-likeness (QED) is 0.842. The molecule has 0 N–H and O–H groups in total. The number of ether oxygens (including phenoxy) is 2. The van der Waals surface area contributed by atoms with Gasteiger partial charge in [-0.15, -0.1) is 0 Å². The van der Waals surface area contributed by atoms with Crippen molar-refractivity contribution >= 4 is 5.91 Å². The van der Waals surface area contributed by atoms with E-state index in [2.05, 4.69) is 9.80 Å². The summed E-state index contributed by atoms with van der Waals surface area (Å²) in [7, 11) is 1.62. The number of hydrogen-bond acceptors (Lipinski definition) is 4. The molecule has 0 radical (unpaired) electrons. The van der Waals surface area contributed by atoms with Crippen LogP contribution in [0.15, 0.2) is 18.2 Å². The Bertz CT molecular complexity index is 648. The van der Waals surface area contributed by atoms with Gasteiger partial charge in [0.15, 0.2) is 11.5 Å². The molecule has 4 rings (SSSR count). The van der Waals surface area contributed by atoms with Gasteiger partial charge in [0.05, 0.1) is 13.7 Å². The molecule has 3 fully saturated rings. The Balaban J connectivity index is 1.48. The number of carbonyl (C=O) groups is 1. The van der Waals surface area contributed by atoms with Gasteiger partial charge in [-0.2, -0.15) is 0 Å². The lowest BCUT2D eigenvalue weighted by atomic mass is 9.90. The molecule has 5 heteroatoms. The molecule has 0 aliphatic carbocycles. The second-order valence-corrected chi connectivity index (χ2v) is 7.49. The first kappa shape index (κ1) is 16.7. The average Bonchev–Trinajstić information content (AvgIpc) is 3.19. The van der Waals surface area contributed by atoms with Gasteiger partial charge < -0.3 is 14.4 Å². The molecule has 0 spiro atoms. The van der Waals surface area contributed by atoms with E-state index in [4.69, 9.17) is 9.47 Å². The van der Waals surface area contributed by atoms with E-state index in [-0.39, 0.29) is 5.91 Å². The summed E-state index contributed by atoms with van der Waals surface area (Å²) in [5.41, 5.74) is 0.699. The number of amides is 1. The fourth-order valence-corrected chi connectivity index (χ4v) is 4.98. The van der Waals surface area contributed by atoms with E-state index in [0.717, 1.165) is 13.1 Å². The van der Waals surface area contributed by atoms with Gasteiger partial charge in [0.1, 0.15) is 0 Å². The van der Waals surface area contributed by atoms with Crippen LogP contribution in [0, 0.1) is 11.8 Å². The molecule has 3 atom stereocenters. The largest absolute Gasteiger partial charge is 0.493 e. The average molecular weight is 344 g/mol. The van der Waals surface area contributed by atoms with Crippen LogP contribution in [-0.4, -0.2) is 61.6 Å². The van der Waals surface area contributed by atoms with Gasteiger partial charge in [-0.3, -0.25) is 9.69 Å². The highest BCUT2D eigenvalue weighted by Crippen LogP contribution is 2.41. The van der Waals surface area contributed by atoms with Crippen LogP contribution in [-0.2, 0) is 0 Å². The zero-order chi connectivity index (χ0) is 17.4. The van der Waals surface area contributed by atoms with Gasteiger partial charge in [0, 0.05) is 31.2 Å². The first-order valence-electron chi connectivity index (χ1n) is 9.55. The van der Waals surface area contributed by atoms with Crippen molar-refractivity contribution < 1.29 is 14.3 Å². The highest BCUT2D eigenvalue weighted by molar-refractivity contribution is 5.95. The second kappa shape index (κ2) is 6.87. The minimum atomic E-state index is 0.125.